The van der Waals surface area contributed by atoms with E-state index in [4.69, 9.17) is 10.8 Å². The maximum atomic E-state index is 11.1. The Labute approximate surface area is 125 Å². The molecular formula is C16H25NO4. The number of aromatic hydroxyl groups is 2. The molecule has 5 heteroatoms. The second-order valence-corrected chi connectivity index (χ2v) is 5.95. The number of benzene rings is 1. The third-order valence-electron chi connectivity index (χ3n) is 3.82. The molecule has 5 nitrogen and oxygen atoms in total. The van der Waals surface area contributed by atoms with Crippen molar-refractivity contribution < 1.29 is 20.1 Å². The van der Waals surface area contributed by atoms with Crippen molar-refractivity contribution in [1.29, 1.82) is 0 Å². The van der Waals surface area contributed by atoms with Crippen molar-refractivity contribution in [2.75, 3.05) is 0 Å². The molecule has 1 aromatic rings. The summed E-state index contributed by atoms with van der Waals surface area (Å²) < 4.78 is 0. The molecule has 2 unspecified atom stereocenters. The monoisotopic (exact) mass is 295 g/mol. The molecule has 5 N–H and O–H groups in total. The van der Waals surface area contributed by atoms with Gasteiger partial charge in [0, 0.05) is 6.07 Å². The number of hydrogen-bond donors (Lipinski definition) is 4. The van der Waals surface area contributed by atoms with Gasteiger partial charge in [0.05, 0.1) is 0 Å². The van der Waals surface area contributed by atoms with Crippen LogP contribution in [-0.4, -0.2) is 26.8 Å². The summed E-state index contributed by atoms with van der Waals surface area (Å²) in [7, 11) is 0. The highest BCUT2D eigenvalue weighted by Gasteiger charge is 2.30. The number of carboxylic acids is 1. The lowest BCUT2D eigenvalue weighted by Crippen LogP contribution is -2.46. The van der Waals surface area contributed by atoms with Crippen LogP contribution < -0.4 is 5.73 Å². The van der Waals surface area contributed by atoms with Gasteiger partial charge in [0.25, 0.3) is 0 Å². The van der Waals surface area contributed by atoms with E-state index in [1.54, 1.807) is 19.1 Å². The number of hydrogen-bond acceptors (Lipinski definition) is 4. The van der Waals surface area contributed by atoms with Crippen LogP contribution in [0.4, 0.5) is 0 Å². The molecule has 0 heterocycles. The summed E-state index contributed by atoms with van der Waals surface area (Å²) in [6.07, 6.45) is 3.78. The molecule has 1 rings (SSSR count). The SMILES string of the molecule is CCC(CCCc1cc(O)cc(O)c1)CC(C)(N)C(=O)O. The van der Waals surface area contributed by atoms with Crippen LogP contribution in [0.1, 0.15) is 45.1 Å². The quantitative estimate of drug-likeness (QED) is 0.590. The predicted molar refractivity (Wildman–Crippen MR) is 81.3 cm³/mol. The molecule has 0 aliphatic rings. The minimum absolute atomic E-state index is 0.0532. The van der Waals surface area contributed by atoms with Gasteiger partial charge in [0.2, 0.25) is 0 Å². The summed E-state index contributed by atoms with van der Waals surface area (Å²) in [4.78, 5) is 11.1. The van der Waals surface area contributed by atoms with Crippen LogP contribution in [0, 0.1) is 5.92 Å². The number of phenolic OH excluding ortho intramolecular Hbond substituents is 2. The largest absolute Gasteiger partial charge is 0.508 e. The average Bonchev–Trinajstić information content (AvgIpc) is 2.36. The molecule has 0 radical (unpaired) electrons. The van der Waals surface area contributed by atoms with Gasteiger partial charge in [-0.25, -0.2) is 0 Å². The maximum Gasteiger partial charge on any atom is 0.323 e. The van der Waals surface area contributed by atoms with Gasteiger partial charge >= 0.3 is 5.97 Å². The van der Waals surface area contributed by atoms with Gasteiger partial charge in [0.1, 0.15) is 17.0 Å². The lowest BCUT2D eigenvalue weighted by Gasteiger charge is -2.25. The van der Waals surface area contributed by atoms with Crippen LogP contribution in [0.2, 0.25) is 0 Å². The molecular weight excluding hydrogens is 270 g/mol. The van der Waals surface area contributed by atoms with E-state index < -0.39 is 11.5 Å². The van der Waals surface area contributed by atoms with Gasteiger partial charge in [0.15, 0.2) is 0 Å². The molecule has 118 valence electrons. The highest BCUT2D eigenvalue weighted by Crippen LogP contribution is 2.25. The summed E-state index contributed by atoms with van der Waals surface area (Å²) in [5.74, 6) is -0.615. The number of aryl methyl sites for hydroxylation is 1. The zero-order valence-corrected chi connectivity index (χ0v) is 12.7. The molecule has 0 bridgehead atoms. The first-order valence-electron chi connectivity index (χ1n) is 7.28. The third-order valence-corrected chi connectivity index (χ3v) is 3.82. The molecule has 0 spiro atoms. The fourth-order valence-electron chi connectivity index (χ4n) is 2.53. The molecule has 0 amide bonds. The Morgan fingerprint density at radius 3 is 2.33 bits per heavy atom. The minimum Gasteiger partial charge on any atom is -0.508 e. The summed E-state index contributed by atoms with van der Waals surface area (Å²) >= 11 is 0. The van der Waals surface area contributed by atoms with Gasteiger partial charge in [-0.3, -0.25) is 4.79 Å². The van der Waals surface area contributed by atoms with Crippen LogP contribution in [0.5, 0.6) is 11.5 Å². The van der Waals surface area contributed by atoms with E-state index in [9.17, 15) is 15.0 Å². The summed E-state index contributed by atoms with van der Waals surface area (Å²) in [6.45, 7) is 3.58. The Morgan fingerprint density at radius 1 is 1.29 bits per heavy atom. The Balaban J connectivity index is 2.50. The lowest BCUT2D eigenvalue weighted by molar-refractivity contribution is -0.143. The van der Waals surface area contributed by atoms with Crippen molar-refractivity contribution >= 4 is 5.97 Å². The number of nitrogens with two attached hydrogens (primary N) is 1. The van der Waals surface area contributed by atoms with Gasteiger partial charge in [-0.15, -0.1) is 0 Å². The number of carboxylic acid groups (broad SMARTS) is 1. The molecule has 2 atom stereocenters. The molecule has 0 aromatic heterocycles. The number of aliphatic carboxylic acids is 1. The first-order valence-corrected chi connectivity index (χ1v) is 7.28. The fraction of sp³-hybridized carbons (Fsp3) is 0.562. The molecule has 21 heavy (non-hydrogen) atoms. The first-order chi connectivity index (χ1) is 9.74. The van der Waals surface area contributed by atoms with Crippen molar-refractivity contribution in [3.8, 4) is 11.5 Å². The van der Waals surface area contributed by atoms with Crippen molar-refractivity contribution in [3.05, 3.63) is 23.8 Å². The number of carbonyl (C=O) groups is 1. The lowest BCUT2D eigenvalue weighted by atomic mass is 9.85. The normalized spacial score (nSPS) is 15.4. The van der Waals surface area contributed by atoms with Crippen molar-refractivity contribution in [2.45, 2.75) is 51.5 Å². The number of rotatable bonds is 8. The number of phenols is 2. The molecule has 0 aliphatic carbocycles. The molecule has 0 saturated carbocycles. The summed E-state index contributed by atoms with van der Waals surface area (Å²) in [6, 6.07) is 4.56. The molecule has 0 saturated heterocycles. The second kappa shape index (κ2) is 7.31. The van der Waals surface area contributed by atoms with E-state index in [0.717, 1.165) is 31.2 Å². The zero-order valence-electron chi connectivity index (χ0n) is 12.7. The summed E-state index contributed by atoms with van der Waals surface area (Å²) in [5.41, 5.74) is 5.47. The molecule has 0 fully saturated rings. The van der Waals surface area contributed by atoms with E-state index in [1.165, 1.54) is 6.07 Å². The first kappa shape index (κ1) is 17.3. The van der Waals surface area contributed by atoms with Crippen molar-refractivity contribution in [3.63, 3.8) is 0 Å². The molecule has 1 aromatic carbocycles. The maximum absolute atomic E-state index is 11.1. The minimum atomic E-state index is -1.19. The third kappa shape index (κ3) is 5.63. The van der Waals surface area contributed by atoms with Crippen molar-refractivity contribution in [1.82, 2.24) is 0 Å². The van der Waals surface area contributed by atoms with Crippen LogP contribution >= 0.6 is 0 Å². The van der Waals surface area contributed by atoms with Crippen LogP contribution in [0.15, 0.2) is 18.2 Å². The standard InChI is InChI=1S/C16H25NO4/c1-3-11(10-16(2,17)15(20)21)5-4-6-12-7-13(18)9-14(19)8-12/h7-9,11,18-19H,3-6,10,17H2,1-2H3,(H,20,21). The smallest absolute Gasteiger partial charge is 0.323 e. The Morgan fingerprint density at radius 2 is 1.86 bits per heavy atom. The van der Waals surface area contributed by atoms with Crippen molar-refractivity contribution in [2.24, 2.45) is 11.7 Å². The van der Waals surface area contributed by atoms with Crippen LogP contribution in [-0.2, 0) is 11.2 Å². The van der Waals surface area contributed by atoms with E-state index >= 15 is 0 Å². The summed E-state index contributed by atoms with van der Waals surface area (Å²) in [5, 5.41) is 27.9. The highest BCUT2D eigenvalue weighted by molar-refractivity contribution is 5.77. The van der Waals surface area contributed by atoms with Crippen LogP contribution in [0.25, 0.3) is 0 Å². The Hall–Kier alpha value is -1.75. The van der Waals surface area contributed by atoms with E-state index in [1.807, 2.05) is 6.92 Å². The average molecular weight is 295 g/mol. The zero-order chi connectivity index (χ0) is 16.0. The Kier molecular flexibility index (Phi) is 6.03. The molecule has 0 aliphatic heterocycles. The van der Waals surface area contributed by atoms with Gasteiger partial charge < -0.3 is 21.1 Å². The van der Waals surface area contributed by atoms with Gasteiger partial charge in [-0.05, 0) is 49.8 Å². The van der Waals surface area contributed by atoms with E-state index in [-0.39, 0.29) is 17.4 Å². The van der Waals surface area contributed by atoms with Gasteiger partial charge in [-0.2, -0.15) is 0 Å². The predicted octanol–water partition coefficient (Wildman–Crippen LogP) is 2.64. The van der Waals surface area contributed by atoms with Crippen LogP contribution in [0.3, 0.4) is 0 Å². The van der Waals surface area contributed by atoms with E-state index in [2.05, 4.69) is 0 Å². The highest BCUT2D eigenvalue weighted by atomic mass is 16.4. The van der Waals surface area contributed by atoms with Gasteiger partial charge in [-0.1, -0.05) is 19.8 Å². The Bertz CT molecular complexity index is 465. The van der Waals surface area contributed by atoms with E-state index in [0.29, 0.717) is 6.42 Å². The topological polar surface area (TPSA) is 104 Å². The fourth-order valence-corrected chi connectivity index (χ4v) is 2.53. The second-order valence-electron chi connectivity index (χ2n) is 5.95.